The quantitative estimate of drug-likeness (QED) is 0.613. The Hall–Kier alpha value is -2.71. The van der Waals surface area contributed by atoms with E-state index >= 15 is 0 Å². The summed E-state index contributed by atoms with van der Waals surface area (Å²) in [6, 6.07) is 8.91. The highest BCUT2D eigenvalue weighted by Gasteiger charge is 2.33. The van der Waals surface area contributed by atoms with Gasteiger partial charge in [0.25, 0.3) is 5.91 Å². The highest BCUT2D eigenvalue weighted by Crippen LogP contribution is 2.30. The van der Waals surface area contributed by atoms with E-state index in [1.165, 1.54) is 17.8 Å². The van der Waals surface area contributed by atoms with Crippen LogP contribution in [0.5, 0.6) is 0 Å². The highest BCUT2D eigenvalue weighted by atomic mass is 32.2. The van der Waals surface area contributed by atoms with Crippen molar-refractivity contribution >= 4 is 34.9 Å². The molecule has 1 aromatic carbocycles. The van der Waals surface area contributed by atoms with E-state index in [0.717, 1.165) is 31.6 Å². The number of aromatic amines is 1. The van der Waals surface area contributed by atoms with Crippen LogP contribution in [0.15, 0.2) is 41.3 Å². The van der Waals surface area contributed by atoms with E-state index in [0.29, 0.717) is 10.6 Å². The Balaban J connectivity index is 1.66. The molecule has 152 valence electrons. The summed E-state index contributed by atoms with van der Waals surface area (Å²) in [7, 11) is 4.08. The topological polar surface area (TPSA) is 95.2 Å². The van der Waals surface area contributed by atoms with Crippen LogP contribution in [0.25, 0.3) is 0 Å². The molecule has 3 rings (SSSR count). The lowest BCUT2D eigenvalue weighted by molar-refractivity contribution is 0.0979. The molecule has 1 heterocycles. The van der Waals surface area contributed by atoms with Crippen molar-refractivity contribution < 1.29 is 14.4 Å². The third kappa shape index (κ3) is 5.21. The van der Waals surface area contributed by atoms with E-state index < -0.39 is 5.91 Å². The number of rotatable bonds is 9. The van der Waals surface area contributed by atoms with Gasteiger partial charge >= 0.3 is 0 Å². The molecule has 1 amide bonds. The number of allylic oxidation sites excluding steroid dienone is 2. The molecule has 0 atom stereocenters. The molecular weight excluding hydrogens is 388 g/mol. The molecule has 0 spiro atoms. The standard InChI is InChI=1S/C21H24N4O3S/c1-25(2)11-7-4-8-12-29-16-13-15(26)18-17(20(16)27)19(24-23-18)21(28)22-14-9-5-3-6-10-14/h3,5-6,9-10,13H,4,7-8,11-12H2,1-2H3,(H,22,28)(H,23,24). The zero-order valence-corrected chi connectivity index (χ0v) is 17.3. The number of hydrogen-bond donors (Lipinski definition) is 2. The van der Waals surface area contributed by atoms with Crippen LogP contribution in [0.3, 0.4) is 0 Å². The molecule has 0 bridgehead atoms. The number of carbonyl (C=O) groups is 3. The number of unbranched alkanes of at least 4 members (excludes halogenated alkanes) is 2. The van der Waals surface area contributed by atoms with Crippen LogP contribution >= 0.6 is 11.8 Å². The number of H-pyrrole nitrogens is 1. The van der Waals surface area contributed by atoms with Gasteiger partial charge < -0.3 is 10.2 Å². The summed E-state index contributed by atoms with van der Waals surface area (Å²) in [5, 5.41) is 9.19. The number of Topliss-reactive ketones (excluding diaryl/α,β-unsaturated/α-hetero) is 1. The van der Waals surface area contributed by atoms with Crippen LogP contribution in [0.1, 0.15) is 50.6 Å². The van der Waals surface area contributed by atoms with Gasteiger partial charge in [0.1, 0.15) is 11.4 Å². The van der Waals surface area contributed by atoms with Crippen molar-refractivity contribution in [2.75, 3.05) is 31.7 Å². The number of para-hydroxylation sites is 1. The molecule has 0 saturated heterocycles. The zero-order valence-electron chi connectivity index (χ0n) is 16.5. The van der Waals surface area contributed by atoms with E-state index in [1.54, 1.807) is 24.3 Å². The first-order valence-corrected chi connectivity index (χ1v) is 10.5. The first kappa shape index (κ1) is 21.0. The van der Waals surface area contributed by atoms with Gasteiger partial charge in [-0.05, 0) is 51.4 Å². The summed E-state index contributed by atoms with van der Waals surface area (Å²) in [4.78, 5) is 40.4. The second kappa shape index (κ2) is 9.67. The van der Waals surface area contributed by atoms with Crippen LogP contribution < -0.4 is 5.32 Å². The summed E-state index contributed by atoms with van der Waals surface area (Å²) in [5.74, 6) is -0.438. The largest absolute Gasteiger partial charge is 0.321 e. The monoisotopic (exact) mass is 412 g/mol. The summed E-state index contributed by atoms with van der Waals surface area (Å²) in [5.41, 5.74) is 0.669. The lowest BCUT2D eigenvalue weighted by atomic mass is 9.99. The normalized spacial score (nSPS) is 13.4. The summed E-state index contributed by atoms with van der Waals surface area (Å²) in [6.07, 6.45) is 4.43. The maximum absolute atomic E-state index is 12.9. The molecule has 0 saturated carbocycles. The molecule has 7 nitrogen and oxygen atoms in total. The fourth-order valence-corrected chi connectivity index (χ4v) is 3.99. The number of benzene rings is 1. The van der Waals surface area contributed by atoms with E-state index in [-0.39, 0.29) is 28.5 Å². The number of aromatic nitrogens is 2. The Bertz CT molecular complexity index is 935. The van der Waals surface area contributed by atoms with Crippen LogP contribution in [0.2, 0.25) is 0 Å². The Morgan fingerprint density at radius 3 is 2.62 bits per heavy atom. The number of thioether (sulfide) groups is 1. The molecule has 1 aliphatic rings. The van der Waals surface area contributed by atoms with Gasteiger partial charge in [0.05, 0.1) is 10.5 Å². The first-order chi connectivity index (χ1) is 14.0. The Morgan fingerprint density at radius 1 is 1.14 bits per heavy atom. The number of nitrogens with one attached hydrogen (secondary N) is 2. The van der Waals surface area contributed by atoms with Crippen molar-refractivity contribution in [1.82, 2.24) is 15.1 Å². The van der Waals surface area contributed by atoms with Gasteiger partial charge in [-0.25, -0.2) is 0 Å². The smallest absolute Gasteiger partial charge is 0.274 e. The van der Waals surface area contributed by atoms with Gasteiger partial charge in [-0.1, -0.05) is 24.6 Å². The molecule has 0 fully saturated rings. The highest BCUT2D eigenvalue weighted by molar-refractivity contribution is 8.04. The van der Waals surface area contributed by atoms with Gasteiger partial charge in [0, 0.05) is 11.8 Å². The lowest BCUT2D eigenvalue weighted by Gasteiger charge is -2.12. The fraction of sp³-hybridized carbons (Fsp3) is 0.333. The van der Waals surface area contributed by atoms with Crippen molar-refractivity contribution in [3.63, 3.8) is 0 Å². The maximum Gasteiger partial charge on any atom is 0.274 e. The Labute approximate surface area is 173 Å². The van der Waals surface area contributed by atoms with Crippen LogP contribution in [-0.4, -0.2) is 59.0 Å². The van der Waals surface area contributed by atoms with E-state index in [9.17, 15) is 14.4 Å². The molecule has 1 aromatic heterocycles. The third-order valence-corrected chi connectivity index (χ3v) is 5.59. The third-order valence-electron chi connectivity index (χ3n) is 4.48. The maximum atomic E-state index is 12.9. The molecular formula is C21H24N4O3S. The number of hydrogen-bond acceptors (Lipinski definition) is 6. The number of nitrogens with zero attached hydrogens (tertiary/aromatic N) is 2. The average Bonchev–Trinajstić information content (AvgIpc) is 3.15. The van der Waals surface area contributed by atoms with Crippen molar-refractivity contribution in [3.05, 3.63) is 58.3 Å². The summed E-state index contributed by atoms with van der Waals surface area (Å²) in [6.45, 7) is 1.03. The van der Waals surface area contributed by atoms with Crippen molar-refractivity contribution in [1.29, 1.82) is 0 Å². The molecule has 8 heteroatoms. The fourth-order valence-electron chi connectivity index (χ4n) is 2.99. The van der Waals surface area contributed by atoms with Crippen LogP contribution in [-0.2, 0) is 0 Å². The number of ketones is 2. The molecule has 1 aliphatic carbocycles. The minimum Gasteiger partial charge on any atom is -0.321 e. The number of anilines is 1. The second-order valence-corrected chi connectivity index (χ2v) is 8.19. The van der Waals surface area contributed by atoms with Gasteiger partial charge in [-0.2, -0.15) is 5.10 Å². The number of amides is 1. The molecule has 0 unspecified atom stereocenters. The van der Waals surface area contributed by atoms with Gasteiger partial charge in [-0.3, -0.25) is 19.5 Å². The summed E-state index contributed by atoms with van der Waals surface area (Å²) >= 11 is 1.36. The molecule has 0 radical (unpaired) electrons. The molecule has 0 aliphatic heterocycles. The van der Waals surface area contributed by atoms with Crippen molar-refractivity contribution in [2.24, 2.45) is 0 Å². The van der Waals surface area contributed by atoms with Crippen LogP contribution in [0.4, 0.5) is 5.69 Å². The zero-order chi connectivity index (χ0) is 20.8. The van der Waals surface area contributed by atoms with E-state index in [2.05, 4.69) is 20.4 Å². The van der Waals surface area contributed by atoms with Gasteiger partial charge in [-0.15, -0.1) is 11.8 Å². The van der Waals surface area contributed by atoms with Crippen LogP contribution in [0, 0.1) is 0 Å². The summed E-state index contributed by atoms with van der Waals surface area (Å²) < 4.78 is 0. The molecule has 2 aromatic rings. The van der Waals surface area contributed by atoms with Gasteiger partial charge in [0.2, 0.25) is 11.6 Å². The minimum atomic E-state index is -0.499. The Kier molecular flexibility index (Phi) is 7.00. The Morgan fingerprint density at radius 2 is 1.90 bits per heavy atom. The first-order valence-electron chi connectivity index (χ1n) is 9.50. The van der Waals surface area contributed by atoms with Crippen molar-refractivity contribution in [2.45, 2.75) is 19.3 Å². The molecule has 29 heavy (non-hydrogen) atoms. The van der Waals surface area contributed by atoms with E-state index in [1.807, 2.05) is 20.2 Å². The average molecular weight is 413 g/mol. The van der Waals surface area contributed by atoms with E-state index in [4.69, 9.17) is 0 Å². The molecule has 2 N–H and O–H groups in total. The number of carbonyl (C=O) groups excluding carboxylic acids is 3. The lowest BCUT2D eigenvalue weighted by Crippen LogP contribution is -2.20. The van der Waals surface area contributed by atoms with Crippen molar-refractivity contribution in [3.8, 4) is 0 Å². The second-order valence-electron chi connectivity index (χ2n) is 7.06. The SMILES string of the molecule is CN(C)CCCCCSC1=CC(=O)c2n[nH]c(C(=O)Nc3ccccc3)c2C1=O. The van der Waals surface area contributed by atoms with Gasteiger partial charge in [0.15, 0.2) is 0 Å². The minimum absolute atomic E-state index is 0.00328. The predicted octanol–water partition coefficient (Wildman–Crippen LogP) is 3.39. The predicted molar refractivity (Wildman–Crippen MR) is 115 cm³/mol. The number of fused-ring (bicyclic) bond motifs is 1.